The predicted molar refractivity (Wildman–Crippen MR) is 145 cm³/mol. The van der Waals surface area contributed by atoms with E-state index in [4.69, 9.17) is 11.6 Å². The van der Waals surface area contributed by atoms with E-state index >= 15 is 0 Å². The lowest BCUT2D eigenvalue weighted by molar-refractivity contribution is -0.139. The van der Waals surface area contributed by atoms with Gasteiger partial charge in [-0.3, -0.25) is 13.9 Å². The molecule has 0 spiro atoms. The summed E-state index contributed by atoms with van der Waals surface area (Å²) in [6, 6.07) is 19.3. The lowest BCUT2D eigenvalue weighted by atomic mass is 10.1. The molecule has 3 rings (SSSR count). The van der Waals surface area contributed by atoms with Crippen molar-refractivity contribution in [1.29, 1.82) is 0 Å². The molecular weight excluding hydrogens is 566 g/mol. The van der Waals surface area contributed by atoms with Gasteiger partial charge in [0.2, 0.25) is 11.8 Å². The van der Waals surface area contributed by atoms with Gasteiger partial charge in [-0.1, -0.05) is 63.9 Å². The van der Waals surface area contributed by atoms with Crippen LogP contribution in [-0.4, -0.2) is 44.8 Å². The average Bonchev–Trinajstić information content (AvgIpc) is 2.88. The Bertz CT molecular complexity index is 1340. The maximum atomic E-state index is 13.7. The molecule has 0 aliphatic heterocycles. The molecule has 2 amide bonds. The van der Waals surface area contributed by atoms with Gasteiger partial charge >= 0.3 is 0 Å². The molecule has 0 aromatic heterocycles. The molecule has 0 unspecified atom stereocenters. The van der Waals surface area contributed by atoms with E-state index in [2.05, 4.69) is 21.2 Å². The molecule has 190 valence electrons. The molecule has 0 radical (unpaired) electrons. The fourth-order valence-corrected chi connectivity index (χ4v) is 5.60. The number of benzene rings is 3. The fraction of sp³-hybridized carbons (Fsp3) is 0.231. The van der Waals surface area contributed by atoms with Crippen LogP contribution < -0.4 is 9.62 Å². The first-order chi connectivity index (χ1) is 17.1. The first-order valence-electron chi connectivity index (χ1n) is 11.1. The zero-order valence-electron chi connectivity index (χ0n) is 20.1. The van der Waals surface area contributed by atoms with Crippen LogP contribution in [0.1, 0.15) is 18.1 Å². The van der Waals surface area contributed by atoms with Crippen LogP contribution in [0.4, 0.5) is 5.69 Å². The van der Waals surface area contributed by atoms with Crippen molar-refractivity contribution in [2.45, 2.75) is 31.3 Å². The van der Waals surface area contributed by atoms with Gasteiger partial charge in [0.15, 0.2) is 0 Å². The van der Waals surface area contributed by atoms with Crippen molar-refractivity contribution >= 4 is 55.1 Å². The van der Waals surface area contributed by atoms with E-state index in [-0.39, 0.29) is 23.0 Å². The molecule has 0 saturated heterocycles. The molecule has 1 atom stereocenters. The minimum absolute atomic E-state index is 0.0379. The first kappa shape index (κ1) is 27.7. The van der Waals surface area contributed by atoms with E-state index in [0.717, 1.165) is 14.3 Å². The molecule has 3 aromatic carbocycles. The van der Waals surface area contributed by atoms with E-state index in [9.17, 15) is 18.0 Å². The van der Waals surface area contributed by atoms with Crippen molar-refractivity contribution in [2.24, 2.45) is 0 Å². The van der Waals surface area contributed by atoms with Gasteiger partial charge in [-0.15, -0.1) is 0 Å². The van der Waals surface area contributed by atoms with Crippen LogP contribution in [0.3, 0.4) is 0 Å². The van der Waals surface area contributed by atoms with E-state index in [1.165, 1.54) is 24.1 Å². The largest absolute Gasteiger partial charge is 0.357 e. The Labute approximate surface area is 225 Å². The average molecular weight is 593 g/mol. The highest BCUT2D eigenvalue weighted by atomic mass is 79.9. The number of carbonyl (C=O) groups excluding carboxylic acids is 2. The van der Waals surface area contributed by atoms with Crippen molar-refractivity contribution in [2.75, 3.05) is 17.9 Å². The minimum Gasteiger partial charge on any atom is -0.357 e. The molecule has 7 nitrogen and oxygen atoms in total. The zero-order valence-corrected chi connectivity index (χ0v) is 23.3. The van der Waals surface area contributed by atoms with Crippen LogP contribution in [0.5, 0.6) is 0 Å². The third-order valence-electron chi connectivity index (χ3n) is 5.80. The minimum atomic E-state index is -4.13. The Morgan fingerprint density at radius 1 is 1.00 bits per heavy atom. The van der Waals surface area contributed by atoms with Gasteiger partial charge in [0.05, 0.1) is 10.6 Å². The molecule has 1 N–H and O–H groups in total. The summed E-state index contributed by atoms with van der Waals surface area (Å²) < 4.78 is 29.4. The summed E-state index contributed by atoms with van der Waals surface area (Å²) in [4.78, 5) is 27.7. The Morgan fingerprint density at radius 2 is 1.64 bits per heavy atom. The first-order valence-corrected chi connectivity index (χ1v) is 13.8. The number of rotatable bonds is 9. The van der Waals surface area contributed by atoms with Gasteiger partial charge in [0.1, 0.15) is 12.6 Å². The smallest absolute Gasteiger partial charge is 0.264 e. The molecule has 36 heavy (non-hydrogen) atoms. The Kier molecular flexibility index (Phi) is 9.16. The highest BCUT2D eigenvalue weighted by molar-refractivity contribution is 9.10. The predicted octanol–water partition coefficient (Wildman–Crippen LogP) is 4.77. The summed E-state index contributed by atoms with van der Waals surface area (Å²) in [7, 11) is -2.64. The summed E-state index contributed by atoms with van der Waals surface area (Å²) in [6.45, 7) is 2.91. The summed E-state index contributed by atoms with van der Waals surface area (Å²) in [5.74, 6) is -0.898. The maximum Gasteiger partial charge on any atom is 0.264 e. The molecule has 3 aromatic rings. The number of nitrogens with zero attached hydrogens (tertiary/aromatic N) is 2. The molecule has 0 saturated carbocycles. The molecule has 0 fully saturated rings. The Balaban J connectivity index is 2.06. The second-order valence-corrected chi connectivity index (χ2v) is 11.3. The number of likely N-dealkylation sites (N-methyl/N-ethyl adjacent to an activating group) is 1. The third kappa shape index (κ3) is 6.27. The fourth-order valence-electron chi connectivity index (χ4n) is 3.68. The van der Waals surface area contributed by atoms with Crippen LogP contribution in [-0.2, 0) is 26.2 Å². The number of hydrogen-bond donors (Lipinski definition) is 1. The van der Waals surface area contributed by atoms with Crippen molar-refractivity contribution < 1.29 is 18.0 Å². The number of halogens is 2. The summed E-state index contributed by atoms with van der Waals surface area (Å²) in [6.07, 6.45) is 0. The SMILES string of the molecule is CNC(=O)[C@@H](C)N(Cc1ccc(Br)cc1)C(=O)CN(c1cccc(Cl)c1C)S(=O)(=O)c1ccccc1. The summed E-state index contributed by atoms with van der Waals surface area (Å²) in [5, 5.41) is 2.94. The highest BCUT2D eigenvalue weighted by Crippen LogP contribution is 2.31. The van der Waals surface area contributed by atoms with Crippen LogP contribution in [0, 0.1) is 6.92 Å². The van der Waals surface area contributed by atoms with E-state index in [0.29, 0.717) is 10.6 Å². The quantitative estimate of drug-likeness (QED) is 0.388. The summed E-state index contributed by atoms with van der Waals surface area (Å²) in [5.41, 5.74) is 1.60. The van der Waals surface area contributed by atoms with Crippen molar-refractivity contribution in [3.05, 3.63) is 93.4 Å². The van der Waals surface area contributed by atoms with Gasteiger partial charge in [-0.05, 0) is 61.4 Å². The summed E-state index contributed by atoms with van der Waals surface area (Å²) >= 11 is 9.70. The number of sulfonamides is 1. The monoisotopic (exact) mass is 591 g/mol. The number of nitrogens with one attached hydrogen (secondary N) is 1. The van der Waals surface area contributed by atoms with Gasteiger partial charge in [0, 0.05) is 23.1 Å². The van der Waals surface area contributed by atoms with Crippen LogP contribution in [0.2, 0.25) is 5.02 Å². The maximum absolute atomic E-state index is 13.7. The van der Waals surface area contributed by atoms with Crippen LogP contribution in [0.15, 0.2) is 82.2 Å². The highest BCUT2D eigenvalue weighted by Gasteiger charge is 2.33. The number of anilines is 1. The second kappa shape index (κ2) is 11.9. The molecule has 0 heterocycles. The van der Waals surface area contributed by atoms with Crippen LogP contribution in [0.25, 0.3) is 0 Å². The molecule has 0 bridgehead atoms. The standard InChI is InChI=1S/C26H27BrClN3O4S/c1-18-23(28)10-7-11-24(18)31(36(34,35)22-8-5-4-6-9-22)17-25(32)30(19(2)26(33)29-3)16-20-12-14-21(27)15-13-20/h4-15,19H,16-17H2,1-3H3,(H,29,33)/t19-/m1/s1. The Morgan fingerprint density at radius 3 is 2.25 bits per heavy atom. The second-order valence-electron chi connectivity index (χ2n) is 8.15. The molecule has 10 heteroatoms. The van der Waals surface area contributed by atoms with Gasteiger partial charge in [0.25, 0.3) is 10.0 Å². The van der Waals surface area contributed by atoms with Crippen molar-refractivity contribution in [1.82, 2.24) is 10.2 Å². The van der Waals surface area contributed by atoms with E-state index in [1.54, 1.807) is 50.2 Å². The normalized spacial score (nSPS) is 12.0. The van der Waals surface area contributed by atoms with Crippen LogP contribution >= 0.6 is 27.5 Å². The van der Waals surface area contributed by atoms with Gasteiger partial charge in [-0.2, -0.15) is 0 Å². The number of amides is 2. The van der Waals surface area contributed by atoms with Gasteiger partial charge < -0.3 is 10.2 Å². The molecule has 0 aliphatic rings. The zero-order chi connectivity index (χ0) is 26.5. The van der Waals surface area contributed by atoms with Gasteiger partial charge in [-0.25, -0.2) is 8.42 Å². The number of carbonyl (C=O) groups is 2. The number of hydrogen-bond acceptors (Lipinski definition) is 4. The lowest BCUT2D eigenvalue weighted by Gasteiger charge is -2.32. The molecular formula is C26H27BrClN3O4S. The van der Waals surface area contributed by atoms with E-state index < -0.39 is 28.5 Å². The van der Waals surface area contributed by atoms with E-state index in [1.807, 2.05) is 24.3 Å². The molecule has 0 aliphatic carbocycles. The lowest BCUT2D eigenvalue weighted by Crippen LogP contribution is -2.50. The van der Waals surface area contributed by atoms with Crippen molar-refractivity contribution in [3.63, 3.8) is 0 Å². The topological polar surface area (TPSA) is 86.8 Å². The third-order valence-corrected chi connectivity index (χ3v) is 8.51. The van der Waals surface area contributed by atoms with Crippen molar-refractivity contribution in [3.8, 4) is 0 Å². The Hall–Kier alpha value is -2.88.